The van der Waals surface area contributed by atoms with Crippen molar-refractivity contribution < 1.29 is 50.8 Å². The number of aromatic hydroxyl groups is 2. The lowest BCUT2D eigenvalue weighted by Gasteiger charge is -2.38. The molecule has 2 saturated heterocycles. The summed E-state index contributed by atoms with van der Waals surface area (Å²) in [5.74, 6) is -0.921. The van der Waals surface area contributed by atoms with Gasteiger partial charge in [-0.2, -0.15) is 26.3 Å². The maximum absolute atomic E-state index is 13.6. The largest absolute Gasteiger partial charge is 0.508 e. The lowest BCUT2D eigenvalue weighted by atomic mass is 9.73. The van der Waals surface area contributed by atoms with Crippen LogP contribution in [0.1, 0.15) is 11.1 Å². The summed E-state index contributed by atoms with van der Waals surface area (Å²) in [7, 11) is 0. The molecule has 0 bridgehead atoms. The van der Waals surface area contributed by atoms with Crippen molar-refractivity contribution in [2.75, 3.05) is 26.4 Å². The van der Waals surface area contributed by atoms with Crippen LogP contribution in [0, 0.1) is 0 Å². The summed E-state index contributed by atoms with van der Waals surface area (Å²) in [5, 5.41) is 18.3. The van der Waals surface area contributed by atoms with Crippen LogP contribution in [0.2, 0.25) is 0 Å². The number of epoxide rings is 2. The van der Waals surface area contributed by atoms with Crippen molar-refractivity contribution in [3.8, 4) is 11.5 Å². The van der Waals surface area contributed by atoms with Gasteiger partial charge in [-0.05, 0) is 35.4 Å². The van der Waals surface area contributed by atoms with Crippen LogP contribution in [-0.4, -0.2) is 61.2 Å². The van der Waals surface area contributed by atoms with Gasteiger partial charge in [0, 0.05) is 0 Å². The zero-order valence-electron chi connectivity index (χ0n) is 16.5. The summed E-state index contributed by atoms with van der Waals surface area (Å²) in [6.45, 7) is 3.26. The fourth-order valence-electron chi connectivity index (χ4n) is 3.06. The summed E-state index contributed by atoms with van der Waals surface area (Å²) < 4.78 is 96.7. The molecular formula is C21H20F6O5. The van der Waals surface area contributed by atoms with Crippen LogP contribution in [0.3, 0.4) is 0 Å². The second-order valence-corrected chi connectivity index (χ2v) is 7.29. The highest BCUT2D eigenvalue weighted by atomic mass is 19.4. The molecule has 0 aliphatic carbocycles. The van der Waals surface area contributed by atoms with Gasteiger partial charge in [-0.25, -0.2) is 0 Å². The maximum atomic E-state index is 13.6. The molecule has 0 radical (unpaired) electrons. The molecule has 0 aromatic heterocycles. The number of phenols is 2. The topological polar surface area (TPSA) is 74.8 Å². The van der Waals surface area contributed by atoms with Crippen LogP contribution < -0.4 is 0 Å². The quantitative estimate of drug-likeness (QED) is 0.490. The molecular weight excluding hydrogens is 446 g/mol. The molecule has 32 heavy (non-hydrogen) atoms. The maximum Gasteiger partial charge on any atom is 0.411 e. The van der Waals surface area contributed by atoms with Crippen LogP contribution in [0.4, 0.5) is 26.3 Å². The van der Waals surface area contributed by atoms with Crippen LogP contribution in [0.25, 0.3) is 0 Å². The van der Waals surface area contributed by atoms with Crippen LogP contribution >= 0.6 is 0 Å². The number of rotatable bonds is 6. The third-order valence-electron chi connectivity index (χ3n) is 4.86. The third-order valence-corrected chi connectivity index (χ3v) is 4.86. The highest BCUT2D eigenvalue weighted by molar-refractivity contribution is 5.46. The Balaban J connectivity index is 0.000000264. The minimum Gasteiger partial charge on any atom is -0.508 e. The molecule has 176 valence electrons. The Morgan fingerprint density at radius 3 is 1.25 bits per heavy atom. The highest BCUT2D eigenvalue weighted by Crippen LogP contribution is 2.56. The number of hydrogen-bond donors (Lipinski definition) is 2. The number of phenolic OH excluding ortho intramolecular Hbond substituents is 2. The molecule has 2 atom stereocenters. The summed E-state index contributed by atoms with van der Waals surface area (Å²) in [4.78, 5) is 0. The fourth-order valence-corrected chi connectivity index (χ4v) is 3.06. The van der Waals surface area contributed by atoms with Gasteiger partial charge in [0.2, 0.25) is 5.41 Å². The number of ether oxygens (including phenoxy) is 3. The normalized spacial score (nSPS) is 20.3. The standard InChI is InChI=1S/C15H10F6O2.C6H10O3/c16-14(17,18)13(15(19,20)21,9-1-5-11(22)6-2-9)10-3-7-12(23)8-4-10;1(5-3-8-5)7-2-6-4-9-6/h1-8,22-23H;5-6H,1-4H2. The van der Waals surface area contributed by atoms with E-state index < -0.39 is 40.4 Å². The zero-order chi connectivity index (χ0) is 23.6. The molecule has 2 aromatic carbocycles. The number of alkyl halides is 6. The van der Waals surface area contributed by atoms with E-state index in [2.05, 4.69) is 0 Å². The fraction of sp³-hybridized carbons (Fsp3) is 0.429. The minimum absolute atomic E-state index is 0.392. The van der Waals surface area contributed by atoms with Crippen molar-refractivity contribution in [3.05, 3.63) is 59.7 Å². The molecule has 4 rings (SSSR count). The van der Waals surface area contributed by atoms with Gasteiger partial charge in [0.25, 0.3) is 0 Å². The van der Waals surface area contributed by atoms with E-state index in [1.54, 1.807) is 0 Å². The Labute approximate surface area is 179 Å². The van der Waals surface area contributed by atoms with E-state index in [0.717, 1.165) is 50.7 Å². The van der Waals surface area contributed by atoms with E-state index in [1.165, 1.54) is 0 Å². The predicted molar refractivity (Wildman–Crippen MR) is 99.4 cm³/mol. The second kappa shape index (κ2) is 9.16. The number of halogens is 6. The van der Waals surface area contributed by atoms with Crippen molar-refractivity contribution >= 4 is 0 Å². The van der Waals surface area contributed by atoms with E-state index in [0.29, 0.717) is 36.5 Å². The minimum atomic E-state index is -5.70. The summed E-state index contributed by atoms with van der Waals surface area (Å²) in [6, 6.07) is 5.30. The smallest absolute Gasteiger partial charge is 0.411 e. The predicted octanol–water partition coefficient (Wildman–Crippen LogP) is 4.31. The van der Waals surface area contributed by atoms with Crippen molar-refractivity contribution in [1.29, 1.82) is 0 Å². The Bertz CT molecular complexity index is 798. The second-order valence-electron chi connectivity index (χ2n) is 7.29. The number of benzene rings is 2. The molecule has 2 aliphatic rings. The van der Waals surface area contributed by atoms with Crippen LogP contribution in [0.5, 0.6) is 11.5 Å². The lowest BCUT2D eigenvalue weighted by Crippen LogP contribution is -2.54. The monoisotopic (exact) mass is 466 g/mol. The Morgan fingerprint density at radius 1 is 0.688 bits per heavy atom. The molecule has 0 amide bonds. The van der Waals surface area contributed by atoms with Gasteiger partial charge in [-0.15, -0.1) is 0 Å². The molecule has 2 fully saturated rings. The van der Waals surface area contributed by atoms with Gasteiger partial charge in [0.15, 0.2) is 0 Å². The first-order valence-electron chi connectivity index (χ1n) is 9.48. The average molecular weight is 466 g/mol. The summed E-state index contributed by atoms with van der Waals surface area (Å²) >= 11 is 0. The molecule has 2 heterocycles. The zero-order valence-corrected chi connectivity index (χ0v) is 16.5. The van der Waals surface area contributed by atoms with Gasteiger partial charge in [-0.1, -0.05) is 24.3 Å². The molecule has 11 heteroatoms. The lowest BCUT2D eigenvalue weighted by molar-refractivity contribution is -0.288. The summed E-state index contributed by atoms with van der Waals surface area (Å²) in [5.41, 5.74) is -6.44. The molecule has 2 aromatic rings. The van der Waals surface area contributed by atoms with E-state index in [4.69, 9.17) is 24.4 Å². The van der Waals surface area contributed by atoms with E-state index in [-0.39, 0.29) is 0 Å². The summed E-state index contributed by atoms with van der Waals surface area (Å²) in [6.07, 6.45) is -10.6. The molecule has 0 spiro atoms. The molecule has 0 saturated carbocycles. The first kappa shape index (κ1) is 24.1. The Kier molecular flexibility index (Phi) is 6.91. The Morgan fingerprint density at radius 2 is 1.00 bits per heavy atom. The van der Waals surface area contributed by atoms with Crippen molar-refractivity contribution in [3.63, 3.8) is 0 Å². The van der Waals surface area contributed by atoms with E-state index in [9.17, 15) is 26.3 Å². The Hall–Kier alpha value is -2.50. The SMILES string of the molecule is C(OCC1CO1)C1CO1.Oc1ccc(C(c2ccc(O)cc2)(C(F)(F)F)C(F)(F)F)cc1. The molecule has 5 nitrogen and oxygen atoms in total. The molecule has 2 unspecified atom stereocenters. The molecule has 2 N–H and O–H groups in total. The van der Waals surface area contributed by atoms with Gasteiger partial charge >= 0.3 is 12.4 Å². The van der Waals surface area contributed by atoms with Crippen LogP contribution in [-0.2, 0) is 19.6 Å². The van der Waals surface area contributed by atoms with Crippen molar-refractivity contribution in [1.82, 2.24) is 0 Å². The van der Waals surface area contributed by atoms with E-state index in [1.807, 2.05) is 0 Å². The number of hydrogen-bond acceptors (Lipinski definition) is 5. The van der Waals surface area contributed by atoms with Gasteiger partial charge in [-0.3, -0.25) is 0 Å². The van der Waals surface area contributed by atoms with E-state index >= 15 is 0 Å². The van der Waals surface area contributed by atoms with Crippen molar-refractivity contribution in [2.45, 2.75) is 30.0 Å². The average Bonchev–Trinajstić information content (AvgIpc) is 3.59. The highest BCUT2D eigenvalue weighted by Gasteiger charge is 2.72. The van der Waals surface area contributed by atoms with Gasteiger partial charge < -0.3 is 24.4 Å². The van der Waals surface area contributed by atoms with Gasteiger partial charge in [0.1, 0.15) is 23.7 Å². The molecule has 2 aliphatic heterocycles. The first-order valence-corrected chi connectivity index (χ1v) is 9.48. The first-order chi connectivity index (χ1) is 14.9. The van der Waals surface area contributed by atoms with Gasteiger partial charge in [0.05, 0.1) is 26.4 Å². The van der Waals surface area contributed by atoms with Crippen LogP contribution in [0.15, 0.2) is 48.5 Å². The van der Waals surface area contributed by atoms with Crippen molar-refractivity contribution in [2.24, 2.45) is 0 Å². The third kappa shape index (κ3) is 5.45.